The monoisotopic (exact) mass is 264 g/mol. The number of nitrogens with two attached hydrogens (primary N) is 1. The van der Waals surface area contributed by atoms with E-state index in [4.69, 9.17) is 5.73 Å². The third-order valence-corrected chi connectivity index (χ3v) is 3.84. The van der Waals surface area contributed by atoms with Crippen LogP contribution in [0.4, 0.5) is 4.39 Å². The van der Waals surface area contributed by atoms with E-state index in [0.29, 0.717) is 6.42 Å². The van der Waals surface area contributed by atoms with Gasteiger partial charge in [-0.2, -0.15) is 0 Å². The zero-order chi connectivity index (χ0) is 13.9. The molecule has 1 aliphatic carbocycles. The van der Waals surface area contributed by atoms with Crippen LogP contribution in [0.3, 0.4) is 0 Å². The van der Waals surface area contributed by atoms with Crippen LogP contribution in [0.25, 0.3) is 0 Å². The molecule has 1 saturated carbocycles. The Morgan fingerprint density at radius 1 is 1.47 bits per heavy atom. The van der Waals surface area contributed by atoms with E-state index in [1.54, 1.807) is 6.07 Å². The highest BCUT2D eigenvalue weighted by Crippen LogP contribution is 2.30. The molecule has 2 rings (SSSR count). The van der Waals surface area contributed by atoms with Gasteiger partial charge < -0.3 is 11.1 Å². The molecule has 3 N–H and O–H groups in total. The molecule has 1 aromatic rings. The molecule has 0 bridgehead atoms. The molecule has 19 heavy (non-hydrogen) atoms. The van der Waals surface area contributed by atoms with Crippen molar-refractivity contribution >= 4 is 5.91 Å². The minimum atomic E-state index is -0.342. The third-order valence-electron chi connectivity index (χ3n) is 3.84. The van der Waals surface area contributed by atoms with E-state index in [1.807, 2.05) is 13.0 Å². The topological polar surface area (TPSA) is 55.1 Å². The van der Waals surface area contributed by atoms with E-state index in [0.717, 1.165) is 31.2 Å². The molecule has 0 spiro atoms. The van der Waals surface area contributed by atoms with Crippen molar-refractivity contribution < 1.29 is 9.18 Å². The molecule has 1 aliphatic rings. The van der Waals surface area contributed by atoms with Crippen LogP contribution in [0.2, 0.25) is 0 Å². The van der Waals surface area contributed by atoms with Gasteiger partial charge >= 0.3 is 0 Å². The van der Waals surface area contributed by atoms with Gasteiger partial charge in [-0.15, -0.1) is 0 Å². The summed E-state index contributed by atoms with van der Waals surface area (Å²) < 4.78 is 13.1. The number of rotatable bonds is 4. The van der Waals surface area contributed by atoms with Crippen LogP contribution in [-0.2, 0) is 4.79 Å². The second-order valence-corrected chi connectivity index (χ2v) is 5.59. The Hall–Kier alpha value is -1.42. The Kier molecular flexibility index (Phi) is 4.20. The molecule has 0 aromatic heterocycles. The number of carbonyl (C=O) groups is 1. The first-order valence-corrected chi connectivity index (χ1v) is 6.82. The van der Waals surface area contributed by atoms with Crippen LogP contribution in [-0.4, -0.2) is 11.4 Å². The summed E-state index contributed by atoms with van der Waals surface area (Å²) in [4.78, 5) is 12.0. The molecule has 0 saturated heterocycles. The van der Waals surface area contributed by atoms with E-state index in [9.17, 15) is 9.18 Å². The maximum absolute atomic E-state index is 13.1. The van der Waals surface area contributed by atoms with E-state index >= 15 is 0 Å². The van der Waals surface area contributed by atoms with Crippen molar-refractivity contribution in [2.24, 2.45) is 5.73 Å². The van der Waals surface area contributed by atoms with E-state index in [1.165, 1.54) is 12.1 Å². The zero-order valence-electron chi connectivity index (χ0n) is 11.3. The van der Waals surface area contributed by atoms with E-state index in [-0.39, 0.29) is 23.3 Å². The third kappa shape index (κ3) is 3.77. The lowest BCUT2D eigenvalue weighted by molar-refractivity contribution is -0.122. The van der Waals surface area contributed by atoms with Crippen molar-refractivity contribution in [3.8, 4) is 0 Å². The molecule has 4 heteroatoms. The van der Waals surface area contributed by atoms with Gasteiger partial charge in [0.1, 0.15) is 5.82 Å². The molecule has 0 heterocycles. The lowest BCUT2D eigenvalue weighted by atomic mass is 9.94. The van der Waals surface area contributed by atoms with Crippen LogP contribution >= 0.6 is 0 Å². The molecule has 1 fully saturated rings. The molecule has 1 amide bonds. The summed E-state index contributed by atoms with van der Waals surface area (Å²) in [6.45, 7) is 1.85. The zero-order valence-corrected chi connectivity index (χ0v) is 11.3. The highest BCUT2D eigenvalue weighted by molar-refractivity contribution is 5.77. The van der Waals surface area contributed by atoms with Gasteiger partial charge in [0.05, 0.1) is 6.04 Å². The van der Waals surface area contributed by atoms with Gasteiger partial charge in [0.15, 0.2) is 0 Å². The van der Waals surface area contributed by atoms with Crippen molar-refractivity contribution in [1.29, 1.82) is 0 Å². The first-order chi connectivity index (χ1) is 8.98. The quantitative estimate of drug-likeness (QED) is 0.878. The van der Waals surface area contributed by atoms with Gasteiger partial charge in [-0.1, -0.05) is 25.0 Å². The highest BCUT2D eigenvalue weighted by atomic mass is 19.1. The standard InChI is InChI=1S/C15H21FN2O/c1-11(12-5-4-6-13(16)9-12)18-14(19)10-15(17)7-2-3-8-15/h4-6,9,11H,2-3,7-8,10,17H2,1H3,(H,18,19). The summed E-state index contributed by atoms with van der Waals surface area (Å²) in [5.74, 6) is -0.342. The molecule has 1 unspecified atom stereocenters. The molecule has 1 atom stereocenters. The number of nitrogens with one attached hydrogen (secondary N) is 1. The second kappa shape index (κ2) is 5.70. The number of amides is 1. The predicted octanol–water partition coefficient (Wildman–Crippen LogP) is 2.66. The summed E-state index contributed by atoms with van der Waals surface area (Å²) in [7, 11) is 0. The fraction of sp³-hybridized carbons (Fsp3) is 0.533. The number of benzene rings is 1. The van der Waals surface area contributed by atoms with Crippen LogP contribution in [0, 0.1) is 5.82 Å². The second-order valence-electron chi connectivity index (χ2n) is 5.59. The molecule has 0 aliphatic heterocycles. The van der Waals surface area contributed by atoms with Gasteiger partial charge in [-0.05, 0) is 37.5 Å². The molecule has 104 valence electrons. The minimum absolute atomic E-state index is 0.0545. The van der Waals surface area contributed by atoms with Crippen LogP contribution in [0.1, 0.15) is 50.6 Å². The van der Waals surface area contributed by atoms with Gasteiger partial charge in [0.2, 0.25) is 5.91 Å². The summed E-state index contributed by atoms with van der Waals surface area (Å²) in [5, 5.41) is 2.89. The summed E-state index contributed by atoms with van der Waals surface area (Å²) >= 11 is 0. The number of halogens is 1. The Morgan fingerprint density at radius 3 is 2.79 bits per heavy atom. The molecule has 0 radical (unpaired) electrons. The molecule has 1 aromatic carbocycles. The van der Waals surface area contributed by atoms with Gasteiger partial charge in [-0.25, -0.2) is 4.39 Å². The number of hydrogen-bond acceptors (Lipinski definition) is 2. The summed E-state index contributed by atoms with van der Waals surface area (Å²) in [6.07, 6.45) is 4.38. The molecular weight excluding hydrogens is 243 g/mol. The van der Waals surface area contributed by atoms with E-state index in [2.05, 4.69) is 5.32 Å². The molecular formula is C15H21FN2O. The number of carbonyl (C=O) groups excluding carboxylic acids is 1. The highest BCUT2D eigenvalue weighted by Gasteiger charge is 2.31. The number of hydrogen-bond donors (Lipinski definition) is 2. The first-order valence-electron chi connectivity index (χ1n) is 6.82. The minimum Gasteiger partial charge on any atom is -0.350 e. The molecule has 3 nitrogen and oxygen atoms in total. The Bertz CT molecular complexity index is 455. The lowest BCUT2D eigenvalue weighted by Gasteiger charge is -2.24. The maximum atomic E-state index is 13.1. The SMILES string of the molecule is CC(NC(=O)CC1(N)CCCC1)c1cccc(F)c1. The van der Waals surface area contributed by atoms with Gasteiger partial charge in [0, 0.05) is 12.0 Å². The van der Waals surface area contributed by atoms with Crippen molar-refractivity contribution in [2.45, 2.75) is 50.6 Å². The Balaban J connectivity index is 1.91. The van der Waals surface area contributed by atoms with Crippen molar-refractivity contribution in [3.05, 3.63) is 35.6 Å². The fourth-order valence-electron chi connectivity index (χ4n) is 2.73. The maximum Gasteiger partial charge on any atom is 0.222 e. The summed E-state index contributed by atoms with van der Waals surface area (Å²) in [6, 6.07) is 6.09. The van der Waals surface area contributed by atoms with Crippen molar-refractivity contribution in [1.82, 2.24) is 5.32 Å². The smallest absolute Gasteiger partial charge is 0.222 e. The average molecular weight is 264 g/mol. The van der Waals surface area contributed by atoms with Crippen LogP contribution in [0.5, 0.6) is 0 Å². The Labute approximate surface area is 113 Å². The van der Waals surface area contributed by atoms with Crippen LogP contribution < -0.4 is 11.1 Å². The predicted molar refractivity (Wildman–Crippen MR) is 73.0 cm³/mol. The van der Waals surface area contributed by atoms with Gasteiger partial charge in [-0.3, -0.25) is 4.79 Å². The Morgan fingerprint density at radius 2 is 2.16 bits per heavy atom. The average Bonchev–Trinajstić information content (AvgIpc) is 2.75. The lowest BCUT2D eigenvalue weighted by Crippen LogP contribution is -2.42. The van der Waals surface area contributed by atoms with Crippen molar-refractivity contribution in [2.75, 3.05) is 0 Å². The van der Waals surface area contributed by atoms with Gasteiger partial charge in [0.25, 0.3) is 0 Å². The first kappa shape index (κ1) is 14.0. The fourth-order valence-corrected chi connectivity index (χ4v) is 2.73. The normalized spacial score (nSPS) is 19.1. The summed E-state index contributed by atoms with van der Waals surface area (Å²) in [5.41, 5.74) is 6.61. The van der Waals surface area contributed by atoms with Crippen LogP contribution in [0.15, 0.2) is 24.3 Å². The largest absolute Gasteiger partial charge is 0.350 e. The van der Waals surface area contributed by atoms with E-state index < -0.39 is 0 Å². The van der Waals surface area contributed by atoms with Crippen molar-refractivity contribution in [3.63, 3.8) is 0 Å².